The number of halogens is 1. The summed E-state index contributed by atoms with van der Waals surface area (Å²) >= 11 is 5.38. The van der Waals surface area contributed by atoms with E-state index in [1.165, 1.54) is 19.3 Å². The van der Waals surface area contributed by atoms with Crippen LogP contribution in [0.5, 0.6) is 0 Å². The number of hydrogen-bond acceptors (Lipinski definition) is 2. The highest BCUT2D eigenvalue weighted by molar-refractivity contribution is 6.17. The number of alkyl halides is 1. The zero-order valence-corrected chi connectivity index (χ0v) is 12.8. The largest absolute Gasteiger partial charge is 0.241 e. The van der Waals surface area contributed by atoms with Gasteiger partial charge in [-0.1, -0.05) is 25.8 Å². The van der Waals surface area contributed by atoms with Crippen molar-refractivity contribution in [1.29, 1.82) is 5.26 Å². The molecule has 0 fully saturated rings. The van der Waals surface area contributed by atoms with Crippen LogP contribution in [0, 0.1) is 18.3 Å². The second-order valence-electron chi connectivity index (χ2n) is 4.46. The summed E-state index contributed by atoms with van der Waals surface area (Å²) < 4.78 is 1.76. The molecule has 20 heavy (non-hydrogen) atoms. The van der Waals surface area contributed by atoms with Crippen LogP contribution in [0.2, 0.25) is 0 Å². The van der Waals surface area contributed by atoms with Crippen molar-refractivity contribution >= 4 is 11.6 Å². The molecule has 0 aliphatic heterocycles. The Morgan fingerprint density at radius 3 is 2.60 bits per heavy atom. The molecular weight excluding hydrogens is 270 g/mol. The fourth-order valence-electron chi connectivity index (χ4n) is 1.62. The lowest BCUT2D eigenvalue weighted by Crippen LogP contribution is -1.94. The van der Waals surface area contributed by atoms with Gasteiger partial charge in [-0.2, -0.15) is 10.4 Å². The highest BCUT2D eigenvalue weighted by Crippen LogP contribution is 2.09. The Kier molecular flexibility index (Phi) is 7.46. The molecule has 0 aliphatic carbocycles. The Bertz CT molecular complexity index is 551. The molecule has 0 saturated heterocycles. The summed E-state index contributed by atoms with van der Waals surface area (Å²) in [5.74, 6) is 0.827. The van der Waals surface area contributed by atoms with Gasteiger partial charge in [-0.05, 0) is 37.6 Å². The second-order valence-corrected chi connectivity index (χ2v) is 4.84. The number of aromatic nitrogens is 2. The van der Waals surface area contributed by atoms with E-state index in [9.17, 15) is 0 Å². The summed E-state index contributed by atoms with van der Waals surface area (Å²) in [6.07, 6.45) is 5.61. The summed E-state index contributed by atoms with van der Waals surface area (Å²) in [5, 5.41) is 13.0. The SMILES string of the molecule is CCCCCCl.Cc1ccn(-c2cccc(C#N)c2)n1. The van der Waals surface area contributed by atoms with Gasteiger partial charge in [0.05, 0.1) is 23.0 Å². The summed E-state index contributed by atoms with van der Waals surface area (Å²) in [7, 11) is 0. The number of hydrogen-bond donors (Lipinski definition) is 0. The maximum Gasteiger partial charge on any atom is 0.0992 e. The quantitative estimate of drug-likeness (QED) is 0.615. The second kappa shape index (κ2) is 9.17. The molecule has 0 saturated carbocycles. The first-order valence-electron chi connectivity index (χ1n) is 6.80. The van der Waals surface area contributed by atoms with Crippen molar-refractivity contribution < 1.29 is 0 Å². The third-order valence-electron chi connectivity index (χ3n) is 2.70. The standard InChI is InChI=1S/C11H9N3.C5H11Cl/c1-9-5-6-14(13-9)11-4-2-3-10(7-11)8-12;1-2-3-4-5-6/h2-7H,1H3;2-5H2,1H3. The van der Waals surface area contributed by atoms with E-state index in [0.717, 1.165) is 17.3 Å². The van der Waals surface area contributed by atoms with Crippen LogP contribution in [-0.4, -0.2) is 15.7 Å². The van der Waals surface area contributed by atoms with Crippen LogP contribution in [0.4, 0.5) is 0 Å². The summed E-state index contributed by atoms with van der Waals surface area (Å²) in [6.45, 7) is 4.11. The molecule has 0 aliphatic rings. The van der Waals surface area contributed by atoms with Crippen molar-refractivity contribution in [1.82, 2.24) is 9.78 Å². The summed E-state index contributed by atoms with van der Waals surface area (Å²) in [4.78, 5) is 0. The molecule has 1 aromatic carbocycles. The number of nitrogens with zero attached hydrogens (tertiary/aromatic N) is 3. The van der Waals surface area contributed by atoms with Gasteiger partial charge in [-0.15, -0.1) is 11.6 Å². The molecule has 0 atom stereocenters. The Morgan fingerprint density at radius 2 is 2.10 bits per heavy atom. The van der Waals surface area contributed by atoms with Gasteiger partial charge in [0.25, 0.3) is 0 Å². The zero-order valence-electron chi connectivity index (χ0n) is 12.0. The van der Waals surface area contributed by atoms with Gasteiger partial charge in [-0.3, -0.25) is 0 Å². The normalized spacial score (nSPS) is 9.50. The average Bonchev–Trinajstić information content (AvgIpc) is 2.92. The number of rotatable bonds is 4. The van der Waals surface area contributed by atoms with Crippen molar-refractivity contribution in [3.05, 3.63) is 47.8 Å². The monoisotopic (exact) mass is 289 g/mol. The van der Waals surface area contributed by atoms with E-state index < -0.39 is 0 Å². The molecule has 1 aromatic heterocycles. The lowest BCUT2D eigenvalue weighted by Gasteiger charge is -2.00. The minimum atomic E-state index is 0.649. The predicted molar refractivity (Wildman–Crippen MR) is 83.3 cm³/mol. The molecule has 0 N–H and O–H groups in total. The van der Waals surface area contributed by atoms with E-state index in [0.29, 0.717) is 5.56 Å². The van der Waals surface area contributed by atoms with Crippen LogP contribution in [0.15, 0.2) is 36.5 Å². The molecule has 0 spiro atoms. The molecule has 106 valence electrons. The van der Waals surface area contributed by atoms with Gasteiger partial charge in [0.15, 0.2) is 0 Å². The zero-order chi connectivity index (χ0) is 14.8. The Hall–Kier alpha value is -1.79. The number of unbranched alkanes of at least 4 members (excludes halogenated alkanes) is 2. The van der Waals surface area contributed by atoms with Crippen molar-refractivity contribution in [3.8, 4) is 11.8 Å². The number of benzene rings is 1. The molecule has 0 amide bonds. The molecule has 1 heterocycles. The molecule has 2 rings (SSSR count). The van der Waals surface area contributed by atoms with Gasteiger partial charge >= 0.3 is 0 Å². The van der Waals surface area contributed by atoms with Crippen molar-refractivity contribution in [2.24, 2.45) is 0 Å². The van der Waals surface area contributed by atoms with E-state index in [1.807, 2.05) is 37.4 Å². The average molecular weight is 290 g/mol. The fourth-order valence-corrected chi connectivity index (χ4v) is 1.81. The van der Waals surface area contributed by atoms with Crippen molar-refractivity contribution in [2.45, 2.75) is 33.1 Å². The van der Waals surface area contributed by atoms with Crippen LogP contribution in [0.25, 0.3) is 5.69 Å². The highest BCUT2D eigenvalue weighted by Gasteiger charge is 1.98. The Labute approximate surface area is 125 Å². The minimum Gasteiger partial charge on any atom is -0.241 e. The van der Waals surface area contributed by atoms with Crippen molar-refractivity contribution in [3.63, 3.8) is 0 Å². The summed E-state index contributed by atoms with van der Waals surface area (Å²) in [5.41, 5.74) is 2.53. The third-order valence-corrected chi connectivity index (χ3v) is 2.97. The molecule has 0 bridgehead atoms. The first kappa shape index (κ1) is 16.3. The first-order chi connectivity index (χ1) is 9.71. The maximum absolute atomic E-state index is 8.73. The molecule has 0 unspecified atom stereocenters. The van der Waals surface area contributed by atoms with Crippen molar-refractivity contribution in [2.75, 3.05) is 5.88 Å². The fraction of sp³-hybridized carbons (Fsp3) is 0.375. The number of nitriles is 1. The molecule has 0 radical (unpaired) electrons. The van der Waals surface area contributed by atoms with Crippen LogP contribution in [0.3, 0.4) is 0 Å². The Morgan fingerprint density at radius 1 is 1.30 bits per heavy atom. The van der Waals surface area contributed by atoms with Gasteiger partial charge in [0.1, 0.15) is 0 Å². The van der Waals surface area contributed by atoms with E-state index in [-0.39, 0.29) is 0 Å². The van der Waals surface area contributed by atoms with Gasteiger partial charge in [-0.25, -0.2) is 4.68 Å². The smallest absolute Gasteiger partial charge is 0.0992 e. The molecule has 4 heteroatoms. The summed E-state index contributed by atoms with van der Waals surface area (Å²) in [6, 6.07) is 11.4. The number of aryl methyl sites for hydroxylation is 1. The topological polar surface area (TPSA) is 41.6 Å². The van der Waals surface area contributed by atoms with E-state index in [2.05, 4.69) is 18.1 Å². The predicted octanol–water partition coefficient (Wildman–Crippen LogP) is 4.47. The molecule has 2 aromatic rings. The van der Waals surface area contributed by atoms with E-state index in [4.69, 9.17) is 16.9 Å². The Balaban J connectivity index is 0.000000286. The van der Waals surface area contributed by atoms with Crippen LogP contribution < -0.4 is 0 Å². The first-order valence-corrected chi connectivity index (χ1v) is 7.33. The van der Waals surface area contributed by atoms with Gasteiger partial charge < -0.3 is 0 Å². The van der Waals surface area contributed by atoms with Crippen LogP contribution >= 0.6 is 11.6 Å². The van der Waals surface area contributed by atoms with Gasteiger partial charge in [0, 0.05) is 12.1 Å². The van der Waals surface area contributed by atoms with Gasteiger partial charge in [0.2, 0.25) is 0 Å². The third kappa shape index (κ3) is 5.46. The van der Waals surface area contributed by atoms with Crippen LogP contribution in [-0.2, 0) is 0 Å². The lowest BCUT2D eigenvalue weighted by molar-refractivity contribution is 0.776. The highest BCUT2D eigenvalue weighted by atomic mass is 35.5. The maximum atomic E-state index is 8.73. The van der Waals surface area contributed by atoms with Crippen LogP contribution in [0.1, 0.15) is 37.4 Å². The van der Waals surface area contributed by atoms with E-state index >= 15 is 0 Å². The van der Waals surface area contributed by atoms with E-state index in [1.54, 1.807) is 10.7 Å². The minimum absolute atomic E-state index is 0.649. The lowest BCUT2D eigenvalue weighted by atomic mass is 10.2. The molecule has 3 nitrogen and oxygen atoms in total. The molecular formula is C16H20ClN3.